The minimum atomic E-state index is -3.08. The van der Waals surface area contributed by atoms with Crippen molar-refractivity contribution < 1.29 is 17.9 Å². The number of sulfone groups is 1. The molecule has 29 heavy (non-hydrogen) atoms. The van der Waals surface area contributed by atoms with Gasteiger partial charge in [0.2, 0.25) is 0 Å². The molecular weight excluding hydrogens is 390 g/mol. The lowest BCUT2D eigenvalue weighted by molar-refractivity contribution is 0.0915. The smallest absolute Gasteiger partial charge is 0.251 e. The number of nitrogens with one attached hydrogen (secondary N) is 1. The molecule has 0 spiro atoms. The van der Waals surface area contributed by atoms with Gasteiger partial charge in [0.05, 0.1) is 22.7 Å². The summed E-state index contributed by atoms with van der Waals surface area (Å²) in [5.41, 5.74) is 2.56. The maximum Gasteiger partial charge on any atom is 0.251 e. The summed E-state index contributed by atoms with van der Waals surface area (Å²) in [5, 5.41) is 2.85. The lowest BCUT2D eigenvalue weighted by Gasteiger charge is -2.23. The van der Waals surface area contributed by atoms with E-state index in [1.54, 1.807) is 31.2 Å². The summed E-state index contributed by atoms with van der Waals surface area (Å²) in [7, 11) is -3.08. The highest BCUT2D eigenvalue weighted by Crippen LogP contribution is 2.23. The van der Waals surface area contributed by atoms with Crippen molar-refractivity contribution in [2.75, 3.05) is 11.5 Å². The number of imidazole rings is 1. The molecule has 3 heterocycles. The van der Waals surface area contributed by atoms with Gasteiger partial charge in [-0.1, -0.05) is 6.07 Å². The number of fused-ring (bicyclic) bond motifs is 1. The molecule has 1 amide bonds. The molecule has 1 aliphatic heterocycles. The van der Waals surface area contributed by atoms with Crippen LogP contribution in [-0.2, 0) is 16.4 Å². The fraction of sp³-hybridized carbons (Fsp3) is 0.333. The van der Waals surface area contributed by atoms with Crippen LogP contribution in [0.3, 0.4) is 0 Å². The van der Waals surface area contributed by atoms with Gasteiger partial charge in [-0.25, -0.2) is 13.4 Å². The van der Waals surface area contributed by atoms with Gasteiger partial charge >= 0.3 is 0 Å². The average Bonchev–Trinajstić information content (AvgIpc) is 3.21. The summed E-state index contributed by atoms with van der Waals surface area (Å²) in [6.45, 7) is 4.10. The molecule has 152 valence electrons. The summed E-state index contributed by atoms with van der Waals surface area (Å²) >= 11 is 0. The summed E-state index contributed by atoms with van der Waals surface area (Å²) < 4.78 is 31.2. The third kappa shape index (κ3) is 4.27. The zero-order valence-corrected chi connectivity index (χ0v) is 17.2. The molecule has 1 fully saturated rings. The Morgan fingerprint density at radius 2 is 2.03 bits per heavy atom. The third-order valence-corrected chi connectivity index (χ3v) is 7.05. The standard InChI is InChI=1S/C21H23N3O4S/c1-15-4-3-10-24-12-17(22-19(15)24)13-28-18-7-5-16(6-8-18)20(25)23-21(2)9-11-29(26,27)14-21/h3-8,10,12H,9,11,13-14H2,1-2H3,(H,23,25)/t21-/m1/s1. The fourth-order valence-corrected chi connectivity index (χ4v) is 5.68. The Bertz CT molecular complexity index is 1170. The van der Waals surface area contributed by atoms with E-state index in [2.05, 4.69) is 10.3 Å². The van der Waals surface area contributed by atoms with Gasteiger partial charge < -0.3 is 14.5 Å². The van der Waals surface area contributed by atoms with E-state index >= 15 is 0 Å². The van der Waals surface area contributed by atoms with Gasteiger partial charge in [0.1, 0.15) is 18.0 Å². The van der Waals surface area contributed by atoms with Crippen LogP contribution in [0, 0.1) is 6.92 Å². The van der Waals surface area contributed by atoms with Crippen LogP contribution in [0.5, 0.6) is 5.75 Å². The van der Waals surface area contributed by atoms with E-state index in [1.807, 2.05) is 35.9 Å². The molecule has 0 aliphatic carbocycles. The second-order valence-electron chi connectivity index (χ2n) is 7.82. The summed E-state index contributed by atoms with van der Waals surface area (Å²) in [5.74, 6) is 0.432. The number of pyridine rings is 1. The monoisotopic (exact) mass is 413 g/mol. The Kier molecular flexibility index (Phi) is 4.82. The Labute approximate surface area is 169 Å². The van der Waals surface area contributed by atoms with Crippen LogP contribution in [0.25, 0.3) is 5.65 Å². The van der Waals surface area contributed by atoms with Gasteiger partial charge in [0, 0.05) is 18.0 Å². The first-order valence-electron chi connectivity index (χ1n) is 9.42. The van der Waals surface area contributed by atoms with Gasteiger partial charge in [-0.15, -0.1) is 0 Å². The SMILES string of the molecule is Cc1cccn2cc(COc3ccc(C(=O)N[C@]4(C)CCS(=O)(=O)C4)cc3)nc12. The predicted octanol–water partition coefficient (Wildman–Crippen LogP) is 2.53. The highest BCUT2D eigenvalue weighted by Gasteiger charge is 2.39. The normalized spacial score (nSPS) is 20.6. The molecule has 1 N–H and O–H groups in total. The highest BCUT2D eigenvalue weighted by atomic mass is 32.2. The quantitative estimate of drug-likeness (QED) is 0.694. The highest BCUT2D eigenvalue weighted by molar-refractivity contribution is 7.91. The van der Waals surface area contributed by atoms with E-state index in [0.29, 0.717) is 24.3 Å². The van der Waals surface area contributed by atoms with Crippen LogP contribution in [0.4, 0.5) is 0 Å². The van der Waals surface area contributed by atoms with Crippen LogP contribution in [0.1, 0.15) is 35.0 Å². The van der Waals surface area contributed by atoms with Crippen molar-refractivity contribution in [2.24, 2.45) is 0 Å². The Balaban J connectivity index is 1.38. The number of aryl methyl sites for hydroxylation is 1. The number of rotatable bonds is 5. The molecule has 8 heteroatoms. The number of hydrogen-bond donors (Lipinski definition) is 1. The first-order valence-corrected chi connectivity index (χ1v) is 11.2. The molecule has 7 nitrogen and oxygen atoms in total. The molecule has 0 saturated carbocycles. The maximum atomic E-state index is 12.5. The molecule has 0 bridgehead atoms. The maximum absolute atomic E-state index is 12.5. The number of benzene rings is 1. The van der Waals surface area contributed by atoms with Crippen LogP contribution in [0.2, 0.25) is 0 Å². The molecular formula is C21H23N3O4S. The van der Waals surface area contributed by atoms with Crippen LogP contribution < -0.4 is 10.1 Å². The first kappa shape index (κ1) is 19.4. The van der Waals surface area contributed by atoms with Crippen molar-refractivity contribution in [2.45, 2.75) is 32.4 Å². The van der Waals surface area contributed by atoms with Gasteiger partial charge in [-0.3, -0.25) is 4.79 Å². The number of carbonyl (C=O) groups excluding carboxylic acids is 1. The van der Waals surface area contributed by atoms with E-state index in [9.17, 15) is 13.2 Å². The summed E-state index contributed by atoms with van der Waals surface area (Å²) in [4.78, 5) is 17.1. The fourth-order valence-electron chi connectivity index (χ4n) is 3.59. The number of aromatic nitrogens is 2. The van der Waals surface area contributed by atoms with Gasteiger partial charge in [0.15, 0.2) is 9.84 Å². The minimum Gasteiger partial charge on any atom is -0.487 e. The van der Waals surface area contributed by atoms with Crippen molar-refractivity contribution in [3.05, 3.63) is 65.6 Å². The molecule has 1 atom stereocenters. The minimum absolute atomic E-state index is 0.0224. The van der Waals surface area contributed by atoms with Gasteiger partial charge in [0.25, 0.3) is 5.91 Å². The predicted molar refractivity (Wildman–Crippen MR) is 110 cm³/mol. The summed E-state index contributed by atoms with van der Waals surface area (Å²) in [6, 6.07) is 10.8. The second-order valence-corrected chi connectivity index (χ2v) is 10.0. The number of ether oxygens (including phenoxy) is 1. The molecule has 1 aromatic carbocycles. The molecule has 0 unspecified atom stereocenters. The molecule has 4 rings (SSSR count). The third-order valence-electron chi connectivity index (χ3n) is 5.15. The second kappa shape index (κ2) is 7.18. The zero-order valence-electron chi connectivity index (χ0n) is 16.4. The molecule has 1 aliphatic rings. The van der Waals surface area contributed by atoms with Crippen molar-refractivity contribution in [3.8, 4) is 5.75 Å². The van der Waals surface area contributed by atoms with Crippen molar-refractivity contribution in [1.82, 2.24) is 14.7 Å². The number of hydrogen-bond acceptors (Lipinski definition) is 5. The van der Waals surface area contributed by atoms with Crippen LogP contribution in [-0.4, -0.2) is 40.8 Å². The lowest BCUT2D eigenvalue weighted by Crippen LogP contribution is -2.46. The number of nitrogens with zero attached hydrogens (tertiary/aromatic N) is 2. The topological polar surface area (TPSA) is 89.8 Å². The van der Waals surface area contributed by atoms with Crippen molar-refractivity contribution in [3.63, 3.8) is 0 Å². The molecule has 1 saturated heterocycles. The van der Waals surface area contributed by atoms with Crippen molar-refractivity contribution >= 4 is 21.4 Å². The van der Waals surface area contributed by atoms with E-state index < -0.39 is 15.4 Å². The Morgan fingerprint density at radius 3 is 2.69 bits per heavy atom. The molecule has 2 aromatic heterocycles. The van der Waals surface area contributed by atoms with Crippen LogP contribution in [0.15, 0.2) is 48.8 Å². The Hall–Kier alpha value is -2.87. The molecule has 0 radical (unpaired) electrons. The van der Waals surface area contributed by atoms with E-state index in [1.165, 1.54) is 0 Å². The largest absolute Gasteiger partial charge is 0.487 e. The lowest BCUT2D eigenvalue weighted by atomic mass is 10.0. The average molecular weight is 413 g/mol. The van der Waals surface area contributed by atoms with Gasteiger partial charge in [-0.05, 0) is 56.2 Å². The van der Waals surface area contributed by atoms with Gasteiger partial charge in [-0.2, -0.15) is 0 Å². The van der Waals surface area contributed by atoms with Crippen molar-refractivity contribution in [1.29, 1.82) is 0 Å². The number of amides is 1. The Morgan fingerprint density at radius 1 is 1.28 bits per heavy atom. The zero-order chi connectivity index (χ0) is 20.6. The van der Waals surface area contributed by atoms with E-state index in [-0.39, 0.29) is 17.4 Å². The first-order chi connectivity index (χ1) is 13.7. The van der Waals surface area contributed by atoms with Crippen LogP contribution >= 0.6 is 0 Å². The molecule has 3 aromatic rings. The van der Waals surface area contributed by atoms with E-state index in [0.717, 1.165) is 16.9 Å². The summed E-state index contributed by atoms with van der Waals surface area (Å²) in [6.07, 6.45) is 4.31. The number of carbonyl (C=O) groups is 1. The van der Waals surface area contributed by atoms with E-state index in [4.69, 9.17) is 4.74 Å².